The van der Waals surface area contributed by atoms with E-state index < -0.39 is 0 Å². The standard InChI is InChI=1S/C16H15ClFN/c17-14-6-4-11(5-7-14)8-12-9-13-2-1-3-15(18)16(13)19-10-12/h1-7,12,19H,8-10H2. The van der Waals surface area contributed by atoms with Gasteiger partial charge in [-0.1, -0.05) is 35.9 Å². The zero-order chi connectivity index (χ0) is 13.2. The molecule has 0 aliphatic carbocycles. The summed E-state index contributed by atoms with van der Waals surface area (Å²) in [6.45, 7) is 0.816. The molecule has 0 aromatic heterocycles. The summed E-state index contributed by atoms with van der Waals surface area (Å²) in [5.41, 5.74) is 3.02. The van der Waals surface area contributed by atoms with E-state index in [1.165, 1.54) is 11.6 Å². The van der Waals surface area contributed by atoms with Gasteiger partial charge in [-0.05, 0) is 48.1 Å². The summed E-state index contributed by atoms with van der Waals surface area (Å²) < 4.78 is 13.6. The van der Waals surface area contributed by atoms with Gasteiger partial charge in [0.2, 0.25) is 0 Å². The van der Waals surface area contributed by atoms with Crippen LogP contribution < -0.4 is 5.32 Å². The van der Waals surface area contributed by atoms with Crippen LogP contribution in [0.25, 0.3) is 0 Å². The lowest BCUT2D eigenvalue weighted by Gasteiger charge is -2.26. The minimum atomic E-state index is -0.151. The maximum absolute atomic E-state index is 13.6. The van der Waals surface area contributed by atoms with Crippen molar-refractivity contribution in [1.82, 2.24) is 0 Å². The summed E-state index contributed by atoms with van der Waals surface area (Å²) in [7, 11) is 0. The van der Waals surface area contributed by atoms with Crippen LogP contribution in [-0.2, 0) is 12.8 Å². The van der Waals surface area contributed by atoms with Crippen LogP contribution in [0.2, 0.25) is 5.02 Å². The molecule has 98 valence electrons. The maximum atomic E-state index is 13.6. The molecule has 1 aliphatic rings. The van der Waals surface area contributed by atoms with Crippen LogP contribution in [0.5, 0.6) is 0 Å². The van der Waals surface area contributed by atoms with Gasteiger partial charge in [0.15, 0.2) is 0 Å². The van der Waals surface area contributed by atoms with Crippen molar-refractivity contribution in [3.05, 3.63) is 64.4 Å². The molecule has 3 rings (SSSR count). The maximum Gasteiger partial charge on any atom is 0.146 e. The van der Waals surface area contributed by atoms with Crippen molar-refractivity contribution in [2.24, 2.45) is 5.92 Å². The average molecular weight is 276 g/mol. The Kier molecular flexibility index (Phi) is 3.43. The average Bonchev–Trinajstić information content (AvgIpc) is 2.42. The fourth-order valence-electron chi connectivity index (χ4n) is 2.66. The quantitative estimate of drug-likeness (QED) is 0.861. The molecule has 1 aliphatic heterocycles. The van der Waals surface area contributed by atoms with Crippen molar-refractivity contribution < 1.29 is 4.39 Å². The van der Waals surface area contributed by atoms with Gasteiger partial charge in [-0.25, -0.2) is 4.39 Å². The predicted octanol–water partition coefficient (Wildman–Crippen LogP) is 4.31. The molecule has 1 N–H and O–H groups in total. The van der Waals surface area contributed by atoms with Crippen LogP contribution >= 0.6 is 11.6 Å². The Morgan fingerprint density at radius 1 is 1.16 bits per heavy atom. The Labute approximate surface area is 117 Å². The summed E-state index contributed by atoms with van der Waals surface area (Å²) in [6.07, 6.45) is 1.91. The third-order valence-corrected chi connectivity index (χ3v) is 3.87. The van der Waals surface area contributed by atoms with E-state index in [0.717, 1.165) is 30.0 Å². The largest absolute Gasteiger partial charge is 0.382 e. The molecule has 1 atom stereocenters. The normalized spacial score (nSPS) is 17.7. The smallest absolute Gasteiger partial charge is 0.146 e. The number of anilines is 1. The molecule has 19 heavy (non-hydrogen) atoms. The highest BCUT2D eigenvalue weighted by molar-refractivity contribution is 6.30. The Balaban J connectivity index is 1.74. The van der Waals surface area contributed by atoms with Gasteiger partial charge in [-0.3, -0.25) is 0 Å². The van der Waals surface area contributed by atoms with E-state index >= 15 is 0 Å². The van der Waals surface area contributed by atoms with Crippen LogP contribution in [0.3, 0.4) is 0 Å². The summed E-state index contributed by atoms with van der Waals surface area (Å²) in [5.74, 6) is 0.345. The third kappa shape index (κ3) is 2.74. The van der Waals surface area contributed by atoms with Gasteiger partial charge in [-0.15, -0.1) is 0 Å². The third-order valence-electron chi connectivity index (χ3n) is 3.61. The van der Waals surface area contributed by atoms with Crippen LogP contribution in [0, 0.1) is 11.7 Å². The minimum absolute atomic E-state index is 0.151. The molecule has 0 saturated carbocycles. The van der Waals surface area contributed by atoms with Gasteiger partial charge in [-0.2, -0.15) is 0 Å². The van der Waals surface area contributed by atoms with E-state index in [4.69, 9.17) is 11.6 Å². The number of para-hydroxylation sites is 1. The van der Waals surface area contributed by atoms with E-state index in [0.29, 0.717) is 11.6 Å². The molecule has 1 unspecified atom stereocenters. The molecular weight excluding hydrogens is 261 g/mol. The second kappa shape index (κ2) is 5.22. The Hall–Kier alpha value is -1.54. The highest BCUT2D eigenvalue weighted by Gasteiger charge is 2.20. The van der Waals surface area contributed by atoms with E-state index in [9.17, 15) is 4.39 Å². The highest BCUT2D eigenvalue weighted by atomic mass is 35.5. The van der Waals surface area contributed by atoms with Gasteiger partial charge in [0.1, 0.15) is 5.82 Å². The van der Waals surface area contributed by atoms with Crippen LogP contribution in [0.15, 0.2) is 42.5 Å². The predicted molar refractivity (Wildman–Crippen MR) is 77.2 cm³/mol. The molecule has 3 heteroatoms. The first-order valence-electron chi connectivity index (χ1n) is 6.48. The van der Waals surface area contributed by atoms with Crippen LogP contribution in [-0.4, -0.2) is 6.54 Å². The van der Waals surface area contributed by atoms with Crippen LogP contribution in [0.4, 0.5) is 10.1 Å². The lowest BCUT2D eigenvalue weighted by molar-refractivity contribution is 0.525. The van der Waals surface area contributed by atoms with E-state index in [-0.39, 0.29) is 5.82 Å². The number of fused-ring (bicyclic) bond motifs is 1. The first-order valence-corrected chi connectivity index (χ1v) is 6.86. The number of nitrogens with one attached hydrogen (secondary N) is 1. The minimum Gasteiger partial charge on any atom is -0.382 e. The molecule has 1 nitrogen and oxygen atoms in total. The van der Waals surface area contributed by atoms with Crippen molar-refractivity contribution >= 4 is 17.3 Å². The molecule has 2 aromatic rings. The second-order valence-corrected chi connectivity index (χ2v) is 5.49. The summed E-state index contributed by atoms with van der Waals surface area (Å²) >= 11 is 5.88. The first-order chi connectivity index (χ1) is 9.22. The molecule has 0 bridgehead atoms. The lowest BCUT2D eigenvalue weighted by Crippen LogP contribution is -2.25. The van der Waals surface area contributed by atoms with Gasteiger partial charge in [0.05, 0.1) is 5.69 Å². The molecular formula is C16H15ClFN. The number of hydrogen-bond donors (Lipinski definition) is 1. The Morgan fingerprint density at radius 2 is 1.95 bits per heavy atom. The van der Waals surface area contributed by atoms with Gasteiger partial charge in [0.25, 0.3) is 0 Å². The number of benzene rings is 2. The van der Waals surface area contributed by atoms with Gasteiger partial charge < -0.3 is 5.32 Å². The molecule has 0 radical (unpaired) electrons. The second-order valence-electron chi connectivity index (χ2n) is 5.06. The van der Waals surface area contributed by atoms with Crippen molar-refractivity contribution in [3.8, 4) is 0 Å². The monoisotopic (exact) mass is 275 g/mol. The van der Waals surface area contributed by atoms with Gasteiger partial charge in [0, 0.05) is 11.6 Å². The molecule has 0 amide bonds. The zero-order valence-corrected chi connectivity index (χ0v) is 11.3. The highest BCUT2D eigenvalue weighted by Crippen LogP contribution is 2.28. The SMILES string of the molecule is Fc1cccc2c1NCC(Cc1ccc(Cl)cc1)C2. The summed E-state index contributed by atoms with van der Waals surface area (Å²) in [6, 6.07) is 13.2. The zero-order valence-electron chi connectivity index (χ0n) is 10.5. The Bertz CT molecular complexity index is 580. The first kappa shape index (κ1) is 12.5. The number of hydrogen-bond acceptors (Lipinski definition) is 1. The van der Waals surface area contributed by atoms with E-state index in [2.05, 4.69) is 17.4 Å². The van der Waals surface area contributed by atoms with Crippen molar-refractivity contribution in [3.63, 3.8) is 0 Å². The van der Waals surface area contributed by atoms with Crippen molar-refractivity contribution in [2.75, 3.05) is 11.9 Å². The molecule has 2 aromatic carbocycles. The number of rotatable bonds is 2. The van der Waals surface area contributed by atoms with Crippen LogP contribution in [0.1, 0.15) is 11.1 Å². The van der Waals surface area contributed by atoms with E-state index in [1.54, 1.807) is 6.07 Å². The topological polar surface area (TPSA) is 12.0 Å². The van der Waals surface area contributed by atoms with E-state index in [1.807, 2.05) is 18.2 Å². The fourth-order valence-corrected chi connectivity index (χ4v) is 2.79. The fraction of sp³-hybridized carbons (Fsp3) is 0.250. The molecule has 1 heterocycles. The summed E-state index contributed by atoms with van der Waals surface area (Å²) in [4.78, 5) is 0. The molecule has 0 fully saturated rings. The number of halogens is 2. The van der Waals surface area contributed by atoms with Crippen molar-refractivity contribution in [2.45, 2.75) is 12.8 Å². The molecule has 0 spiro atoms. The van der Waals surface area contributed by atoms with Gasteiger partial charge >= 0.3 is 0 Å². The lowest BCUT2D eigenvalue weighted by atomic mass is 9.89. The molecule has 0 saturated heterocycles. The summed E-state index contributed by atoms with van der Waals surface area (Å²) in [5, 5.41) is 3.97. The van der Waals surface area contributed by atoms with Crippen molar-refractivity contribution in [1.29, 1.82) is 0 Å². The Morgan fingerprint density at radius 3 is 2.74 bits per heavy atom.